The average molecular weight is 298 g/mol. The number of H-pyrrole nitrogens is 1. The van der Waals surface area contributed by atoms with Crippen molar-refractivity contribution in [3.63, 3.8) is 0 Å². The fourth-order valence-electron chi connectivity index (χ4n) is 1.76. The van der Waals surface area contributed by atoms with E-state index in [9.17, 15) is 4.79 Å². The number of hydrogen-bond acceptors (Lipinski definition) is 3. The molecule has 0 bridgehead atoms. The summed E-state index contributed by atoms with van der Waals surface area (Å²) in [6.45, 7) is 9.66. The number of carbonyl (C=O) groups excluding carboxylic acids is 1. The number of hydrogen-bond donors (Lipinski definition) is 3. The zero-order valence-electron chi connectivity index (χ0n) is 13.2. The maximum absolute atomic E-state index is 11.0. The lowest BCUT2D eigenvalue weighted by atomic mass is 10.2. The minimum Gasteiger partial charge on any atom is -0.366 e. The van der Waals surface area contributed by atoms with Crippen LogP contribution in [0.3, 0.4) is 0 Å². The lowest BCUT2D eigenvalue weighted by Crippen LogP contribution is -2.10. The van der Waals surface area contributed by atoms with Crippen LogP contribution in [0.1, 0.15) is 42.5 Å². The number of nitrogens with zero attached hydrogens (tertiary/aromatic N) is 1. The van der Waals surface area contributed by atoms with Crippen LogP contribution >= 0.6 is 0 Å². The Labute approximate surface area is 131 Å². The van der Waals surface area contributed by atoms with Crippen molar-refractivity contribution in [2.24, 2.45) is 5.73 Å². The third-order valence-corrected chi connectivity index (χ3v) is 2.72. The van der Waals surface area contributed by atoms with E-state index in [1.165, 1.54) is 0 Å². The van der Waals surface area contributed by atoms with E-state index in [1.807, 2.05) is 32.9 Å². The van der Waals surface area contributed by atoms with E-state index >= 15 is 0 Å². The standard InChI is InChI=1S/C15H16N4O.C2H6/c1-3-5-13-12(4-2)18-15(19-13)17-11-8-6-10(7-9-11)14(16)20;1-2/h3-9H,2H2,1H3,(H2,16,20)(H2,17,18,19);1-2H3/b5-3-;. The highest BCUT2D eigenvalue weighted by atomic mass is 16.1. The molecular formula is C17H22N4O. The molecule has 0 atom stereocenters. The number of rotatable bonds is 5. The Hall–Kier alpha value is -2.82. The summed E-state index contributed by atoms with van der Waals surface area (Å²) in [6.07, 6.45) is 5.53. The van der Waals surface area contributed by atoms with Gasteiger partial charge in [0.25, 0.3) is 0 Å². The highest BCUT2D eigenvalue weighted by Crippen LogP contribution is 2.18. The molecule has 0 saturated heterocycles. The van der Waals surface area contributed by atoms with Gasteiger partial charge in [-0.2, -0.15) is 0 Å². The molecule has 0 aliphatic heterocycles. The Kier molecular flexibility index (Phi) is 6.63. The maximum Gasteiger partial charge on any atom is 0.248 e. The highest BCUT2D eigenvalue weighted by Gasteiger charge is 2.06. The molecule has 4 N–H and O–H groups in total. The molecule has 2 aromatic rings. The fraction of sp³-hybridized carbons (Fsp3) is 0.176. The molecule has 0 fully saturated rings. The minimum atomic E-state index is -0.445. The van der Waals surface area contributed by atoms with Crippen LogP contribution in [0.2, 0.25) is 0 Å². The normalized spacial score (nSPS) is 9.95. The second-order valence-corrected chi connectivity index (χ2v) is 4.16. The number of primary amides is 1. The molecule has 1 aromatic heterocycles. The van der Waals surface area contributed by atoms with E-state index in [1.54, 1.807) is 30.3 Å². The summed E-state index contributed by atoms with van der Waals surface area (Å²) in [5.41, 5.74) is 8.14. The molecule has 0 radical (unpaired) electrons. The summed E-state index contributed by atoms with van der Waals surface area (Å²) < 4.78 is 0. The van der Waals surface area contributed by atoms with Crippen molar-refractivity contribution in [1.29, 1.82) is 0 Å². The summed E-state index contributed by atoms with van der Waals surface area (Å²) >= 11 is 0. The molecular weight excluding hydrogens is 276 g/mol. The van der Waals surface area contributed by atoms with Crippen molar-refractivity contribution in [3.05, 3.63) is 53.9 Å². The smallest absolute Gasteiger partial charge is 0.248 e. The molecule has 2 rings (SSSR count). The number of nitrogens with one attached hydrogen (secondary N) is 2. The van der Waals surface area contributed by atoms with Crippen LogP contribution in [0.25, 0.3) is 12.2 Å². The van der Waals surface area contributed by atoms with Gasteiger partial charge in [0.05, 0.1) is 11.4 Å². The van der Waals surface area contributed by atoms with Crippen molar-refractivity contribution in [2.45, 2.75) is 20.8 Å². The third kappa shape index (κ3) is 4.34. The highest BCUT2D eigenvalue weighted by molar-refractivity contribution is 5.93. The van der Waals surface area contributed by atoms with E-state index in [0.717, 1.165) is 17.1 Å². The van der Waals surface area contributed by atoms with Gasteiger partial charge in [-0.1, -0.05) is 26.5 Å². The van der Waals surface area contributed by atoms with Gasteiger partial charge in [-0.3, -0.25) is 4.79 Å². The number of benzene rings is 1. The van der Waals surface area contributed by atoms with E-state index in [-0.39, 0.29) is 0 Å². The van der Waals surface area contributed by atoms with Crippen LogP contribution in [0, 0.1) is 0 Å². The second-order valence-electron chi connectivity index (χ2n) is 4.16. The largest absolute Gasteiger partial charge is 0.366 e. The first-order valence-electron chi connectivity index (χ1n) is 7.16. The van der Waals surface area contributed by atoms with E-state index in [4.69, 9.17) is 5.73 Å². The molecule has 5 nitrogen and oxygen atoms in total. The lowest BCUT2D eigenvalue weighted by molar-refractivity contribution is 0.100. The molecule has 116 valence electrons. The number of amides is 1. The minimum absolute atomic E-state index is 0.445. The number of carbonyl (C=O) groups is 1. The van der Waals surface area contributed by atoms with Crippen LogP contribution in [0.15, 0.2) is 36.9 Å². The summed E-state index contributed by atoms with van der Waals surface area (Å²) in [5.74, 6) is 0.165. The van der Waals surface area contributed by atoms with E-state index in [2.05, 4.69) is 21.9 Å². The Balaban J connectivity index is 0.00000116. The first-order chi connectivity index (χ1) is 10.6. The molecule has 1 amide bonds. The predicted octanol–water partition coefficient (Wildman–Crippen LogP) is 3.95. The van der Waals surface area contributed by atoms with Gasteiger partial charge < -0.3 is 16.0 Å². The van der Waals surface area contributed by atoms with Gasteiger partial charge in [0, 0.05) is 11.3 Å². The predicted molar refractivity (Wildman–Crippen MR) is 93.0 cm³/mol. The molecule has 0 aliphatic carbocycles. The van der Waals surface area contributed by atoms with Crippen molar-refractivity contribution in [3.8, 4) is 0 Å². The summed E-state index contributed by atoms with van der Waals surface area (Å²) in [6, 6.07) is 6.86. The Morgan fingerprint density at radius 3 is 2.45 bits per heavy atom. The van der Waals surface area contributed by atoms with Gasteiger partial charge in [0.2, 0.25) is 11.9 Å². The van der Waals surface area contributed by atoms with Crippen molar-refractivity contribution in [1.82, 2.24) is 9.97 Å². The first kappa shape index (κ1) is 17.2. The van der Waals surface area contributed by atoms with Crippen LogP contribution < -0.4 is 11.1 Å². The Bertz CT molecular complexity index is 654. The quantitative estimate of drug-likeness (QED) is 0.781. The van der Waals surface area contributed by atoms with Crippen molar-refractivity contribution < 1.29 is 4.79 Å². The van der Waals surface area contributed by atoms with Crippen molar-refractivity contribution >= 4 is 29.7 Å². The van der Waals surface area contributed by atoms with Crippen LogP contribution in [-0.4, -0.2) is 15.9 Å². The fourth-order valence-corrected chi connectivity index (χ4v) is 1.76. The van der Waals surface area contributed by atoms with Crippen LogP contribution in [0.5, 0.6) is 0 Å². The van der Waals surface area contributed by atoms with E-state index < -0.39 is 5.91 Å². The van der Waals surface area contributed by atoms with Gasteiger partial charge in [-0.25, -0.2) is 4.98 Å². The number of aromatic nitrogens is 2. The number of allylic oxidation sites excluding steroid dienone is 1. The molecule has 1 aromatic carbocycles. The molecule has 0 aliphatic rings. The summed E-state index contributed by atoms with van der Waals surface area (Å²) in [5, 5.41) is 3.12. The Morgan fingerprint density at radius 1 is 1.32 bits per heavy atom. The van der Waals surface area contributed by atoms with Crippen LogP contribution in [-0.2, 0) is 0 Å². The molecule has 1 heterocycles. The summed E-state index contributed by atoms with van der Waals surface area (Å²) in [7, 11) is 0. The first-order valence-corrected chi connectivity index (χ1v) is 7.16. The average Bonchev–Trinajstić information content (AvgIpc) is 2.92. The monoisotopic (exact) mass is 298 g/mol. The van der Waals surface area contributed by atoms with Gasteiger partial charge in [-0.05, 0) is 43.3 Å². The van der Waals surface area contributed by atoms with Crippen LogP contribution in [0.4, 0.5) is 11.6 Å². The number of imidazole rings is 1. The van der Waals surface area contributed by atoms with Gasteiger partial charge in [0.15, 0.2) is 0 Å². The number of aromatic amines is 1. The number of anilines is 2. The second kappa shape index (κ2) is 8.46. The maximum atomic E-state index is 11.0. The zero-order valence-corrected chi connectivity index (χ0v) is 13.2. The molecule has 0 spiro atoms. The van der Waals surface area contributed by atoms with Gasteiger partial charge >= 0.3 is 0 Å². The third-order valence-electron chi connectivity index (χ3n) is 2.72. The SMILES string of the molecule is C=Cc1nc(Nc2ccc(C(N)=O)cc2)[nH]c1/C=C\C.CC. The molecule has 0 saturated carbocycles. The Morgan fingerprint density at radius 2 is 1.95 bits per heavy atom. The topological polar surface area (TPSA) is 83.8 Å². The summed E-state index contributed by atoms with van der Waals surface area (Å²) in [4.78, 5) is 18.5. The lowest BCUT2D eigenvalue weighted by Gasteiger charge is -2.03. The van der Waals surface area contributed by atoms with Crippen molar-refractivity contribution in [2.75, 3.05) is 5.32 Å². The number of nitrogens with two attached hydrogens (primary N) is 1. The molecule has 0 unspecified atom stereocenters. The molecule has 22 heavy (non-hydrogen) atoms. The van der Waals surface area contributed by atoms with E-state index in [0.29, 0.717) is 11.5 Å². The zero-order chi connectivity index (χ0) is 16.5. The van der Waals surface area contributed by atoms with Gasteiger partial charge in [0.1, 0.15) is 0 Å². The molecule has 5 heteroatoms. The van der Waals surface area contributed by atoms with Gasteiger partial charge in [-0.15, -0.1) is 0 Å².